The highest BCUT2D eigenvalue weighted by Crippen LogP contribution is 2.43. The zero-order chi connectivity index (χ0) is 21.1. The lowest BCUT2D eigenvalue weighted by atomic mass is 9.94. The van der Waals surface area contributed by atoms with Crippen LogP contribution in [0.5, 0.6) is 0 Å². The van der Waals surface area contributed by atoms with E-state index in [1.54, 1.807) is 0 Å². The van der Waals surface area contributed by atoms with Crippen LogP contribution in [0.4, 0.5) is 0 Å². The van der Waals surface area contributed by atoms with E-state index in [1.165, 1.54) is 51.8 Å². The van der Waals surface area contributed by atoms with Gasteiger partial charge in [-0.3, -0.25) is 0 Å². The van der Waals surface area contributed by atoms with Crippen molar-refractivity contribution in [1.29, 1.82) is 0 Å². The molecule has 1 aliphatic rings. The second-order valence-electron chi connectivity index (χ2n) is 8.25. The lowest BCUT2D eigenvalue weighted by Gasteiger charge is -2.15. The van der Waals surface area contributed by atoms with Gasteiger partial charge in [-0.15, -0.1) is 22.7 Å². The summed E-state index contributed by atoms with van der Waals surface area (Å²) in [4.78, 5) is 6.59. The first-order valence-corrected chi connectivity index (χ1v) is 12.6. The van der Waals surface area contributed by atoms with E-state index >= 15 is 0 Å². The van der Waals surface area contributed by atoms with Crippen molar-refractivity contribution in [2.75, 3.05) is 0 Å². The van der Waals surface area contributed by atoms with Crippen LogP contribution in [-0.2, 0) is 6.42 Å². The predicted octanol–water partition coefficient (Wildman–Crippen LogP) is 8.71. The maximum atomic E-state index is 5.20. The SMILES string of the molecule is C1=C(c2cccc(-c3cccc4c3sc3ccccc34)n2)c2sc3ccccc3c2CC1. The van der Waals surface area contributed by atoms with Crippen molar-refractivity contribution in [3.05, 3.63) is 107 Å². The Morgan fingerprint density at radius 2 is 1.34 bits per heavy atom. The van der Waals surface area contributed by atoms with Gasteiger partial charge in [0.1, 0.15) is 0 Å². The lowest BCUT2D eigenvalue weighted by Crippen LogP contribution is -2.00. The number of aromatic nitrogens is 1. The van der Waals surface area contributed by atoms with Gasteiger partial charge in [-0.05, 0) is 48.1 Å². The molecule has 1 nitrogen and oxygen atoms in total. The molecule has 0 aliphatic heterocycles. The second-order valence-corrected chi connectivity index (χ2v) is 10.4. The number of hydrogen-bond acceptors (Lipinski definition) is 3. The maximum absolute atomic E-state index is 5.20. The van der Waals surface area contributed by atoms with E-state index in [0.717, 1.165) is 24.2 Å². The van der Waals surface area contributed by atoms with Crippen LogP contribution in [0.2, 0.25) is 0 Å². The average Bonchev–Trinajstić information content (AvgIpc) is 3.42. The molecule has 3 heteroatoms. The summed E-state index contributed by atoms with van der Waals surface area (Å²) < 4.78 is 4.02. The largest absolute Gasteiger partial charge is 0.248 e. The number of allylic oxidation sites excluding steroid dienone is 1. The molecular weight excluding hydrogens is 426 g/mol. The normalized spacial score (nSPS) is 13.6. The van der Waals surface area contributed by atoms with Gasteiger partial charge >= 0.3 is 0 Å². The molecule has 0 amide bonds. The Labute approximate surface area is 194 Å². The summed E-state index contributed by atoms with van der Waals surface area (Å²) in [5, 5.41) is 4.05. The lowest BCUT2D eigenvalue weighted by molar-refractivity contribution is 0.995. The van der Waals surface area contributed by atoms with Gasteiger partial charge < -0.3 is 0 Å². The highest BCUT2D eigenvalue weighted by molar-refractivity contribution is 7.26. The number of pyridine rings is 1. The van der Waals surface area contributed by atoms with E-state index in [4.69, 9.17) is 4.98 Å². The number of fused-ring (bicyclic) bond motifs is 6. The maximum Gasteiger partial charge on any atom is 0.0723 e. The average molecular weight is 446 g/mol. The molecule has 3 aromatic carbocycles. The molecule has 0 saturated heterocycles. The van der Waals surface area contributed by atoms with E-state index in [2.05, 4.69) is 91.0 Å². The van der Waals surface area contributed by atoms with Crippen molar-refractivity contribution in [2.45, 2.75) is 12.8 Å². The summed E-state index contributed by atoms with van der Waals surface area (Å²) in [5.41, 5.74) is 6.13. The van der Waals surface area contributed by atoms with Crippen LogP contribution in [0.15, 0.2) is 91.0 Å². The standard InChI is InChI=1S/C29H19NS2/c1-3-16-26-18(8-1)20-10-5-12-22(28(20)31-26)24-14-7-15-25(30-24)23-13-6-11-21-19-9-2-4-17-27(19)32-29(21)23/h1-5,7-10,12-17H,6,11H2. The van der Waals surface area contributed by atoms with E-state index in [0.29, 0.717) is 0 Å². The van der Waals surface area contributed by atoms with Crippen molar-refractivity contribution < 1.29 is 0 Å². The number of rotatable bonds is 2. The van der Waals surface area contributed by atoms with Crippen molar-refractivity contribution in [2.24, 2.45) is 0 Å². The van der Waals surface area contributed by atoms with Gasteiger partial charge in [0.2, 0.25) is 0 Å². The van der Waals surface area contributed by atoms with Crippen molar-refractivity contribution in [3.8, 4) is 11.3 Å². The smallest absolute Gasteiger partial charge is 0.0723 e. The molecule has 0 unspecified atom stereocenters. The second kappa shape index (κ2) is 7.13. The Morgan fingerprint density at radius 3 is 2.25 bits per heavy atom. The minimum atomic E-state index is 1.05. The molecule has 0 N–H and O–H groups in total. The minimum absolute atomic E-state index is 1.05. The number of thiophene rings is 2. The number of nitrogens with zero attached hydrogens (tertiary/aromatic N) is 1. The molecule has 7 rings (SSSR count). The zero-order valence-electron chi connectivity index (χ0n) is 17.3. The summed E-state index contributed by atoms with van der Waals surface area (Å²) in [6, 6.07) is 30.5. The third kappa shape index (κ3) is 2.72. The van der Waals surface area contributed by atoms with Crippen molar-refractivity contribution >= 4 is 58.5 Å². The van der Waals surface area contributed by atoms with Crippen LogP contribution < -0.4 is 0 Å². The Balaban J connectivity index is 1.40. The summed E-state index contributed by atoms with van der Waals surface area (Å²) in [5.74, 6) is 0. The van der Waals surface area contributed by atoms with E-state index in [9.17, 15) is 0 Å². The molecule has 0 radical (unpaired) electrons. The van der Waals surface area contributed by atoms with Crippen LogP contribution in [0, 0.1) is 0 Å². The quantitative estimate of drug-likeness (QED) is 0.260. The Kier molecular flexibility index (Phi) is 4.08. The van der Waals surface area contributed by atoms with Crippen molar-refractivity contribution in [1.82, 2.24) is 4.98 Å². The highest BCUT2D eigenvalue weighted by atomic mass is 32.1. The van der Waals surface area contributed by atoms with Gasteiger partial charge in [0.15, 0.2) is 0 Å². The van der Waals surface area contributed by atoms with Gasteiger partial charge in [-0.2, -0.15) is 0 Å². The van der Waals surface area contributed by atoms with Crippen molar-refractivity contribution in [3.63, 3.8) is 0 Å². The van der Waals surface area contributed by atoms with Gasteiger partial charge in [0.25, 0.3) is 0 Å². The summed E-state index contributed by atoms with van der Waals surface area (Å²) in [7, 11) is 0. The van der Waals surface area contributed by atoms with E-state index in [-0.39, 0.29) is 0 Å². The molecule has 3 aromatic heterocycles. The molecule has 1 aliphatic carbocycles. The van der Waals surface area contributed by atoms with E-state index in [1.807, 2.05) is 22.7 Å². The summed E-state index contributed by atoms with van der Waals surface area (Å²) in [6.45, 7) is 0. The first-order valence-electron chi connectivity index (χ1n) is 11.0. The third-order valence-corrected chi connectivity index (χ3v) is 8.86. The summed E-state index contributed by atoms with van der Waals surface area (Å²) in [6.07, 6.45) is 4.56. The molecule has 0 saturated carbocycles. The molecule has 0 fully saturated rings. The molecule has 152 valence electrons. The Bertz CT molecular complexity index is 1680. The first-order chi connectivity index (χ1) is 15.9. The zero-order valence-corrected chi connectivity index (χ0v) is 19.0. The Morgan fingerprint density at radius 1 is 0.625 bits per heavy atom. The fourth-order valence-corrected chi connectivity index (χ4v) is 7.45. The van der Waals surface area contributed by atoms with Crippen LogP contribution >= 0.6 is 22.7 Å². The number of hydrogen-bond donors (Lipinski definition) is 0. The topological polar surface area (TPSA) is 12.9 Å². The third-order valence-electron chi connectivity index (χ3n) is 6.39. The van der Waals surface area contributed by atoms with E-state index < -0.39 is 0 Å². The molecule has 6 aromatic rings. The number of aryl methyl sites for hydroxylation is 1. The number of benzene rings is 3. The monoisotopic (exact) mass is 445 g/mol. The van der Waals surface area contributed by atoms with Gasteiger partial charge in [0, 0.05) is 40.9 Å². The molecule has 0 atom stereocenters. The fourth-order valence-electron chi connectivity index (χ4n) is 4.92. The van der Waals surface area contributed by atoms with Gasteiger partial charge in [-0.25, -0.2) is 4.98 Å². The predicted molar refractivity (Wildman–Crippen MR) is 140 cm³/mol. The molecule has 3 heterocycles. The van der Waals surface area contributed by atoms with Gasteiger partial charge in [0.05, 0.1) is 11.4 Å². The van der Waals surface area contributed by atoms with Crippen LogP contribution in [0.25, 0.3) is 47.1 Å². The minimum Gasteiger partial charge on any atom is -0.248 e. The molecule has 32 heavy (non-hydrogen) atoms. The first kappa shape index (κ1) is 18.3. The molecular formula is C29H19NS2. The highest BCUT2D eigenvalue weighted by Gasteiger charge is 2.21. The van der Waals surface area contributed by atoms with Crippen LogP contribution in [-0.4, -0.2) is 4.98 Å². The fraction of sp³-hybridized carbons (Fsp3) is 0.0690. The molecule has 0 bridgehead atoms. The van der Waals surface area contributed by atoms with Crippen LogP contribution in [0.3, 0.4) is 0 Å². The summed E-state index contributed by atoms with van der Waals surface area (Å²) >= 11 is 3.77. The van der Waals surface area contributed by atoms with Crippen LogP contribution in [0.1, 0.15) is 22.6 Å². The molecule has 0 spiro atoms. The van der Waals surface area contributed by atoms with Gasteiger partial charge in [-0.1, -0.05) is 66.7 Å². The Hall–Kier alpha value is -3.27.